The van der Waals surface area contributed by atoms with E-state index in [1.165, 1.54) is 14.2 Å². The minimum atomic E-state index is -0.391. The van der Waals surface area contributed by atoms with Crippen LogP contribution in [0.5, 0.6) is 17.2 Å². The Morgan fingerprint density at radius 2 is 1.77 bits per heavy atom. The first-order chi connectivity index (χ1) is 12.6. The third kappa shape index (κ3) is 3.94. The summed E-state index contributed by atoms with van der Waals surface area (Å²) in [6.45, 7) is 0.369. The second-order valence-electron chi connectivity index (χ2n) is 5.38. The first-order valence-electron chi connectivity index (χ1n) is 7.78. The minimum Gasteiger partial charge on any atom is -0.493 e. The molecule has 6 nitrogen and oxygen atoms in total. The maximum atomic E-state index is 11.7. The van der Waals surface area contributed by atoms with E-state index in [1.807, 2.05) is 30.3 Å². The Balaban J connectivity index is 1.89. The van der Waals surface area contributed by atoms with Crippen LogP contribution in [0.4, 0.5) is 0 Å². The highest BCUT2D eigenvalue weighted by Gasteiger charge is 2.23. The van der Waals surface area contributed by atoms with Gasteiger partial charge in [0.1, 0.15) is 6.61 Å². The van der Waals surface area contributed by atoms with Gasteiger partial charge in [-0.05, 0) is 41.6 Å². The second kappa shape index (κ2) is 7.88. The van der Waals surface area contributed by atoms with Crippen molar-refractivity contribution in [3.05, 3.63) is 59.4 Å². The molecule has 134 valence electrons. The molecule has 1 aliphatic rings. The molecule has 0 aliphatic carbocycles. The van der Waals surface area contributed by atoms with E-state index in [2.05, 4.69) is 5.32 Å². The van der Waals surface area contributed by atoms with Gasteiger partial charge in [-0.3, -0.25) is 10.1 Å². The smallest absolute Gasteiger partial charge is 0.294 e. The summed E-state index contributed by atoms with van der Waals surface area (Å²) in [6, 6.07) is 13.2. The normalized spacial score (nSPS) is 14.8. The van der Waals surface area contributed by atoms with Crippen molar-refractivity contribution in [1.29, 1.82) is 0 Å². The summed E-state index contributed by atoms with van der Waals surface area (Å²) in [5.74, 6) is 1.16. The lowest BCUT2D eigenvalue weighted by Gasteiger charge is -2.15. The lowest BCUT2D eigenvalue weighted by molar-refractivity contribution is -0.116. The predicted octanol–water partition coefficient (Wildman–Crippen LogP) is 3.06. The molecule has 26 heavy (non-hydrogen) atoms. The molecule has 1 amide bonds. The summed E-state index contributed by atoms with van der Waals surface area (Å²) >= 11 is 4.82. The number of carbonyl (C=O) groups is 1. The predicted molar refractivity (Wildman–Crippen MR) is 100 cm³/mol. The maximum Gasteiger partial charge on any atom is 0.294 e. The lowest BCUT2D eigenvalue weighted by atomic mass is 10.1. The Kier molecular flexibility index (Phi) is 5.38. The molecule has 0 bridgehead atoms. The number of amides is 1. The number of nitrogens with one attached hydrogen (secondary N) is 1. The van der Waals surface area contributed by atoms with Gasteiger partial charge in [0.25, 0.3) is 11.1 Å². The van der Waals surface area contributed by atoms with Crippen LogP contribution < -0.4 is 19.5 Å². The number of carbonyl (C=O) groups excluding carboxylic acids is 1. The molecule has 2 aromatic carbocycles. The quantitative estimate of drug-likeness (QED) is 0.622. The Morgan fingerprint density at radius 1 is 1.12 bits per heavy atom. The van der Waals surface area contributed by atoms with E-state index in [0.29, 0.717) is 29.4 Å². The molecule has 1 saturated heterocycles. The van der Waals surface area contributed by atoms with E-state index in [0.717, 1.165) is 5.56 Å². The topological polar surface area (TPSA) is 66.0 Å². The Morgan fingerprint density at radius 3 is 2.31 bits per heavy atom. The Labute approximate surface area is 156 Å². The van der Waals surface area contributed by atoms with E-state index in [4.69, 9.17) is 31.2 Å². The number of hydrogen-bond acceptors (Lipinski definition) is 6. The highest BCUT2D eigenvalue weighted by atomic mass is 32.1. The molecular formula is C19H17NO5S. The highest BCUT2D eigenvalue weighted by Crippen LogP contribution is 2.39. The van der Waals surface area contributed by atoms with E-state index >= 15 is 0 Å². The van der Waals surface area contributed by atoms with Gasteiger partial charge in [0.15, 0.2) is 17.3 Å². The Bertz CT molecular complexity index is 838. The van der Waals surface area contributed by atoms with Crippen LogP contribution in [-0.2, 0) is 16.1 Å². The van der Waals surface area contributed by atoms with Gasteiger partial charge in [0.2, 0.25) is 5.75 Å². The average molecular weight is 371 g/mol. The third-order valence-corrected chi connectivity index (χ3v) is 3.83. The second-order valence-corrected chi connectivity index (χ2v) is 5.75. The fourth-order valence-electron chi connectivity index (χ4n) is 2.43. The van der Waals surface area contributed by atoms with Crippen LogP contribution in [0.1, 0.15) is 11.1 Å². The fourth-order valence-corrected chi connectivity index (χ4v) is 2.61. The van der Waals surface area contributed by atoms with Gasteiger partial charge in [-0.25, -0.2) is 0 Å². The Hall–Kier alpha value is -3.06. The van der Waals surface area contributed by atoms with Crippen molar-refractivity contribution in [1.82, 2.24) is 5.32 Å². The third-order valence-electron chi connectivity index (χ3n) is 3.65. The molecule has 0 aromatic heterocycles. The summed E-state index contributed by atoms with van der Waals surface area (Å²) in [5, 5.41) is 2.44. The number of hydrogen-bond donors (Lipinski definition) is 1. The molecule has 0 unspecified atom stereocenters. The van der Waals surface area contributed by atoms with Gasteiger partial charge in [-0.15, -0.1) is 0 Å². The van der Waals surface area contributed by atoms with Gasteiger partial charge >= 0.3 is 0 Å². The lowest BCUT2D eigenvalue weighted by Crippen LogP contribution is -2.18. The maximum absolute atomic E-state index is 11.7. The van der Waals surface area contributed by atoms with Crippen molar-refractivity contribution in [3.8, 4) is 17.2 Å². The van der Waals surface area contributed by atoms with E-state index < -0.39 is 5.91 Å². The molecule has 3 rings (SSSR count). The number of thiocarbonyl (C=S) groups is 1. The number of ether oxygens (including phenoxy) is 4. The van der Waals surface area contributed by atoms with Crippen molar-refractivity contribution in [2.75, 3.05) is 14.2 Å². The summed E-state index contributed by atoms with van der Waals surface area (Å²) < 4.78 is 21.9. The molecule has 7 heteroatoms. The summed E-state index contributed by atoms with van der Waals surface area (Å²) in [5.41, 5.74) is 1.67. The molecule has 1 aliphatic heterocycles. The first-order valence-corrected chi connectivity index (χ1v) is 8.19. The zero-order valence-electron chi connectivity index (χ0n) is 14.3. The van der Waals surface area contributed by atoms with E-state index in [1.54, 1.807) is 18.2 Å². The molecule has 1 heterocycles. The van der Waals surface area contributed by atoms with E-state index in [-0.39, 0.29) is 10.9 Å². The van der Waals surface area contributed by atoms with E-state index in [9.17, 15) is 4.79 Å². The SMILES string of the molecule is COc1cc(C=C2OC(=S)NC2=O)cc(OC)c1OCc1ccccc1. The zero-order valence-corrected chi connectivity index (χ0v) is 15.1. The monoisotopic (exact) mass is 371 g/mol. The van der Waals surface area contributed by atoms with Gasteiger partial charge in [0.05, 0.1) is 14.2 Å². The van der Waals surface area contributed by atoms with Crippen LogP contribution in [0.3, 0.4) is 0 Å². The average Bonchev–Trinajstić information content (AvgIpc) is 2.97. The van der Waals surface area contributed by atoms with Gasteiger partial charge in [-0.1, -0.05) is 30.3 Å². The molecule has 2 aromatic rings. The van der Waals surface area contributed by atoms with Gasteiger partial charge in [-0.2, -0.15) is 0 Å². The van der Waals surface area contributed by atoms with Gasteiger partial charge in [0, 0.05) is 0 Å². The van der Waals surface area contributed by atoms with Crippen molar-refractivity contribution < 1.29 is 23.7 Å². The molecule has 1 fully saturated rings. The van der Waals surface area contributed by atoms with Gasteiger partial charge < -0.3 is 18.9 Å². The highest BCUT2D eigenvalue weighted by molar-refractivity contribution is 7.80. The standard InChI is InChI=1S/C19H17NO5S/c1-22-14-8-13(10-16-18(21)20-19(26)25-16)9-15(23-2)17(14)24-11-12-6-4-3-5-7-12/h3-10H,11H2,1-2H3,(H,20,21,26). The van der Waals surface area contributed by atoms with Crippen LogP contribution in [0, 0.1) is 0 Å². The van der Waals surface area contributed by atoms with Crippen molar-refractivity contribution in [2.45, 2.75) is 6.61 Å². The minimum absolute atomic E-state index is 0.0306. The number of methoxy groups -OCH3 is 2. The van der Waals surface area contributed by atoms with Crippen LogP contribution >= 0.6 is 12.2 Å². The fraction of sp³-hybridized carbons (Fsp3) is 0.158. The van der Waals surface area contributed by atoms with Crippen molar-refractivity contribution in [2.24, 2.45) is 0 Å². The molecule has 0 saturated carbocycles. The van der Waals surface area contributed by atoms with Crippen LogP contribution in [0.2, 0.25) is 0 Å². The largest absolute Gasteiger partial charge is 0.493 e. The summed E-state index contributed by atoms with van der Waals surface area (Å²) in [7, 11) is 3.07. The van der Waals surface area contributed by atoms with Crippen molar-refractivity contribution >= 4 is 29.4 Å². The summed E-state index contributed by atoms with van der Waals surface area (Å²) in [6.07, 6.45) is 1.56. The molecule has 0 radical (unpaired) electrons. The number of benzene rings is 2. The van der Waals surface area contributed by atoms with Crippen LogP contribution in [0.25, 0.3) is 6.08 Å². The van der Waals surface area contributed by atoms with Crippen molar-refractivity contribution in [3.63, 3.8) is 0 Å². The van der Waals surface area contributed by atoms with Crippen LogP contribution in [-0.4, -0.2) is 25.3 Å². The molecular weight excluding hydrogens is 354 g/mol. The number of rotatable bonds is 6. The van der Waals surface area contributed by atoms with Crippen LogP contribution in [0.15, 0.2) is 48.2 Å². The molecule has 0 atom stereocenters. The molecule has 0 spiro atoms. The first kappa shape index (κ1) is 17.8. The zero-order chi connectivity index (χ0) is 18.5. The molecule has 1 N–H and O–H groups in total. The summed E-state index contributed by atoms with van der Waals surface area (Å²) in [4.78, 5) is 11.7.